The molecular formula is C7H13NO4. The Morgan fingerprint density at radius 2 is 1.67 bits per heavy atom. The fourth-order valence-corrected chi connectivity index (χ4v) is 0.847. The van der Waals surface area contributed by atoms with Gasteiger partial charge in [0.25, 0.3) is 5.54 Å². The summed E-state index contributed by atoms with van der Waals surface area (Å²) in [5.41, 5.74) is -1.09. The molecule has 1 saturated heterocycles. The molecule has 1 rings (SSSR count). The second kappa shape index (κ2) is 2.67. The third-order valence-corrected chi connectivity index (χ3v) is 1.90. The van der Waals surface area contributed by atoms with Crippen LogP contribution in [0.5, 0.6) is 0 Å². The van der Waals surface area contributed by atoms with Gasteiger partial charge in [0.15, 0.2) is 5.79 Å². The van der Waals surface area contributed by atoms with Gasteiger partial charge in [0.1, 0.15) is 13.2 Å². The zero-order chi connectivity index (χ0) is 9.41. The number of nitro groups is 1. The molecule has 0 atom stereocenters. The highest BCUT2D eigenvalue weighted by atomic mass is 16.7. The van der Waals surface area contributed by atoms with Crippen LogP contribution in [0.4, 0.5) is 0 Å². The average molecular weight is 175 g/mol. The fraction of sp³-hybridized carbons (Fsp3) is 1.00. The van der Waals surface area contributed by atoms with Gasteiger partial charge in [0.05, 0.1) is 0 Å². The van der Waals surface area contributed by atoms with Crippen molar-refractivity contribution in [2.75, 3.05) is 13.2 Å². The highest BCUT2D eigenvalue weighted by Crippen LogP contribution is 2.24. The Balaban J connectivity index is 2.62. The monoisotopic (exact) mass is 175 g/mol. The molecule has 0 spiro atoms. The molecule has 0 aromatic rings. The van der Waals surface area contributed by atoms with Crippen LogP contribution in [0.25, 0.3) is 0 Å². The van der Waals surface area contributed by atoms with Crippen LogP contribution >= 0.6 is 0 Å². The van der Waals surface area contributed by atoms with E-state index in [1.165, 1.54) is 6.92 Å². The number of hydrogen-bond acceptors (Lipinski definition) is 4. The number of rotatable bonds is 1. The third kappa shape index (κ3) is 1.73. The molecular weight excluding hydrogens is 162 g/mol. The Morgan fingerprint density at radius 1 is 1.25 bits per heavy atom. The zero-order valence-corrected chi connectivity index (χ0v) is 7.49. The lowest BCUT2D eigenvalue weighted by atomic mass is 10.1. The molecule has 1 heterocycles. The summed E-state index contributed by atoms with van der Waals surface area (Å²) >= 11 is 0. The van der Waals surface area contributed by atoms with E-state index in [9.17, 15) is 10.1 Å². The molecule has 0 aliphatic carbocycles. The Morgan fingerprint density at radius 3 is 2.00 bits per heavy atom. The van der Waals surface area contributed by atoms with E-state index in [1.807, 2.05) is 0 Å². The molecule has 0 aromatic carbocycles. The van der Waals surface area contributed by atoms with E-state index in [1.54, 1.807) is 13.8 Å². The lowest BCUT2D eigenvalue weighted by Gasteiger charge is -2.36. The lowest BCUT2D eigenvalue weighted by molar-refractivity contribution is -0.590. The van der Waals surface area contributed by atoms with E-state index in [0.29, 0.717) is 0 Å². The van der Waals surface area contributed by atoms with Crippen LogP contribution in [0.15, 0.2) is 0 Å². The van der Waals surface area contributed by atoms with E-state index in [2.05, 4.69) is 0 Å². The summed E-state index contributed by atoms with van der Waals surface area (Å²) in [5.74, 6) is -0.685. The summed E-state index contributed by atoms with van der Waals surface area (Å²) in [5, 5.41) is 10.5. The summed E-state index contributed by atoms with van der Waals surface area (Å²) in [4.78, 5) is 10.2. The number of nitrogens with zero attached hydrogens (tertiary/aromatic N) is 1. The molecule has 0 N–H and O–H groups in total. The number of ether oxygens (including phenoxy) is 2. The molecule has 70 valence electrons. The van der Waals surface area contributed by atoms with Gasteiger partial charge in [-0.1, -0.05) is 0 Å². The molecule has 0 saturated carbocycles. The van der Waals surface area contributed by atoms with Crippen molar-refractivity contribution in [3.8, 4) is 0 Å². The molecule has 1 aliphatic rings. The predicted octanol–water partition coefficient (Wildman–Crippen LogP) is 0.805. The minimum absolute atomic E-state index is 0.104. The topological polar surface area (TPSA) is 61.6 Å². The van der Waals surface area contributed by atoms with Gasteiger partial charge in [-0.25, -0.2) is 0 Å². The highest BCUT2D eigenvalue weighted by Gasteiger charge is 2.45. The van der Waals surface area contributed by atoms with Crippen molar-refractivity contribution in [1.29, 1.82) is 0 Å². The van der Waals surface area contributed by atoms with Crippen molar-refractivity contribution in [3.05, 3.63) is 10.1 Å². The largest absolute Gasteiger partial charge is 0.343 e. The summed E-state index contributed by atoms with van der Waals surface area (Å²) in [6, 6.07) is 0. The first kappa shape index (κ1) is 9.41. The van der Waals surface area contributed by atoms with Gasteiger partial charge in [0, 0.05) is 11.8 Å². The van der Waals surface area contributed by atoms with Gasteiger partial charge in [-0.3, -0.25) is 10.1 Å². The minimum atomic E-state index is -1.09. The lowest BCUT2D eigenvalue weighted by Crippen LogP contribution is -2.53. The Bertz CT molecular complexity index is 192. The van der Waals surface area contributed by atoms with Crippen molar-refractivity contribution in [2.45, 2.75) is 32.1 Å². The molecule has 0 radical (unpaired) electrons. The molecule has 5 heteroatoms. The molecule has 0 aromatic heterocycles. The van der Waals surface area contributed by atoms with Crippen molar-refractivity contribution in [2.24, 2.45) is 0 Å². The van der Waals surface area contributed by atoms with E-state index in [0.717, 1.165) is 0 Å². The van der Waals surface area contributed by atoms with Gasteiger partial charge in [-0.05, 0) is 13.8 Å². The SMILES string of the molecule is CC1(C)OCC(C)([N+](=O)[O-])CO1. The van der Waals surface area contributed by atoms with Gasteiger partial charge in [0.2, 0.25) is 0 Å². The van der Waals surface area contributed by atoms with E-state index in [4.69, 9.17) is 9.47 Å². The fourth-order valence-electron chi connectivity index (χ4n) is 0.847. The van der Waals surface area contributed by atoms with E-state index in [-0.39, 0.29) is 18.1 Å². The van der Waals surface area contributed by atoms with E-state index >= 15 is 0 Å². The quantitative estimate of drug-likeness (QED) is 0.437. The maximum atomic E-state index is 10.5. The van der Waals surface area contributed by atoms with Gasteiger partial charge in [-0.2, -0.15) is 0 Å². The average Bonchev–Trinajstić information content (AvgIpc) is 1.96. The molecule has 0 bridgehead atoms. The first-order valence-corrected chi connectivity index (χ1v) is 3.78. The second-order valence-corrected chi connectivity index (χ2v) is 3.73. The third-order valence-electron chi connectivity index (χ3n) is 1.90. The van der Waals surface area contributed by atoms with Crippen LogP contribution in [-0.2, 0) is 9.47 Å². The zero-order valence-electron chi connectivity index (χ0n) is 7.49. The van der Waals surface area contributed by atoms with Crippen LogP contribution in [0, 0.1) is 10.1 Å². The maximum Gasteiger partial charge on any atom is 0.265 e. The standard InChI is InChI=1S/C7H13NO4/c1-6(2)11-4-7(3,5-12-6)8(9)10/h4-5H2,1-3H3. The first-order chi connectivity index (χ1) is 5.36. The Hall–Kier alpha value is -0.680. The molecule has 1 fully saturated rings. The van der Waals surface area contributed by atoms with Crippen LogP contribution in [0.3, 0.4) is 0 Å². The first-order valence-electron chi connectivity index (χ1n) is 3.78. The normalized spacial score (nSPS) is 26.6. The Labute approximate surface area is 70.8 Å². The van der Waals surface area contributed by atoms with Gasteiger partial charge in [-0.15, -0.1) is 0 Å². The molecule has 0 unspecified atom stereocenters. The Kier molecular flexibility index (Phi) is 2.09. The van der Waals surface area contributed by atoms with Crippen LogP contribution < -0.4 is 0 Å². The molecule has 12 heavy (non-hydrogen) atoms. The highest BCUT2D eigenvalue weighted by molar-refractivity contribution is 4.78. The van der Waals surface area contributed by atoms with Crippen molar-refractivity contribution in [1.82, 2.24) is 0 Å². The predicted molar refractivity (Wildman–Crippen MR) is 41.4 cm³/mol. The maximum absolute atomic E-state index is 10.5. The van der Waals surface area contributed by atoms with Crippen LogP contribution in [0.2, 0.25) is 0 Å². The molecule has 0 amide bonds. The van der Waals surface area contributed by atoms with Crippen LogP contribution in [-0.4, -0.2) is 29.5 Å². The van der Waals surface area contributed by atoms with Crippen molar-refractivity contribution in [3.63, 3.8) is 0 Å². The summed E-state index contributed by atoms with van der Waals surface area (Å²) < 4.78 is 10.4. The minimum Gasteiger partial charge on any atom is -0.343 e. The van der Waals surface area contributed by atoms with Crippen molar-refractivity contribution >= 4 is 0 Å². The molecule has 5 nitrogen and oxygen atoms in total. The smallest absolute Gasteiger partial charge is 0.265 e. The number of hydrogen-bond donors (Lipinski definition) is 0. The second-order valence-electron chi connectivity index (χ2n) is 3.73. The van der Waals surface area contributed by atoms with Crippen LogP contribution in [0.1, 0.15) is 20.8 Å². The van der Waals surface area contributed by atoms with Gasteiger partial charge >= 0.3 is 0 Å². The van der Waals surface area contributed by atoms with E-state index < -0.39 is 11.3 Å². The summed E-state index contributed by atoms with van der Waals surface area (Å²) in [6.45, 7) is 5.21. The van der Waals surface area contributed by atoms with Gasteiger partial charge < -0.3 is 9.47 Å². The summed E-state index contributed by atoms with van der Waals surface area (Å²) in [7, 11) is 0. The summed E-state index contributed by atoms with van der Waals surface area (Å²) in [6.07, 6.45) is 0. The van der Waals surface area contributed by atoms with Crippen molar-refractivity contribution < 1.29 is 14.4 Å². The molecule has 1 aliphatic heterocycles.